The fourth-order valence-electron chi connectivity index (χ4n) is 2.03. The van der Waals surface area contributed by atoms with Gasteiger partial charge in [0.2, 0.25) is 5.91 Å². The number of hydrogen-bond donors (Lipinski definition) is 2. The van der Waals surface area contributed by atoms with Crippen molar-refractivity contribution in [3.05, 3.63) is 47.3 Å². The van der Waals surface area contributed by atoms with Gasteiger partial charge in [0, 0.05) is 11.9 Å². The third-order valence-corrected chi connectivity index (χ3v) is 3.33. The van der Waals surface area contributed by atoms with Crippen LogP contribution in [0.2, 0.25) is 0 Å². The number of aryl methyl sites for hydroxylation is 2. The molecular weight excluding hydrogens is 270 g/mol. The Kier molecular flexibility index (Phi) is 4.07. The number of carbonyl (C=O) groups is 2. The number of carbonyl (C=O) groups excluding carboxylic acids is 1. The summed E-state index contributed by atoms with van der Waals surface area (Å²) >= 11 is 0. The summed E-state index contributed by atoms with van der Waals surface area (Å²) in [7, 11) is 0. The molecule has 2 aromatic rings. The molecular formula is C15H17N3O3. The predicted octanol–water partition coefficient (Wildman–Crippen LogP) is 2.40. The zero-order valence-corrected chi connectivity index (χ0v) is 12.1. The van der Waals surface area contributed by atoms with Crippen molar-refractivity contribution < 1.29 is 14.7 Å². The van der Waals surface area contributed by atoms with Crippen LogP contribution in [0.3, 0.4) is 0 Å². The van der Waals surface area contributed by atoms with Gasteiger partial charge in [-0.05, 0) is 38.0 Å². The summed E-state index contributed by atoms with van der Waals surface area (Å²) in [4.78, 5) is 23.1. The van der Waals surface area contributed by atoms with E-state index in [-0.39, 0.29) is 11.6 Å². The van der Waals surface area contributed by atoms with Gasteiger partial charge in [0.25, 0.3) is 0 Å². The number of nitrogens with zero attached hydrogens (tertiary/aromatic N) is 2. The SMILES string of the molecule is Cc1cccc(C)c1NC(=O)C(C)n1ccc(C(=O)O)n1. The molecule has 0 radical (unpaired) electrons. The Morgan fingerprint density at radius 3 is 2.38 bits per heavy atom. The molecule has 0 bridgehead atoms. The normalized spacial score (nSPS) is 12.0. The zero-order valence-electron chi connectivity index (χ0n) is 12.1. The summed E-state index contributed by atoms with van der Waals surface area (Å²) in [6.45, 7) is 5.51. The van der Waals surface area contributed by atoms with Crippen LogP contribution in [0.4, 0.5) is 5.69 Å². The van der Waals surface area contributed by atoms with Crippen molar-refractivity contribution in [2.24, 2.45) is 0 Å². The molecule has 6 nitrogen and oxygen atoms in total. The Labute approximate surface area is 122 Å². The van der Waals surface area contributed by atoms with E-state index in [0.29, 0.717) is 0 Å². The third-order valence-electron chi connectivity index (χ3n) is 3.33. The molecule has 1 heterocycles. The first-order valence-electron chi connectivity index (χ1n) is 6.55. The Bertz CT molecular complexity index is 671. The number of amides is 1. The maximum absolute atomic E-state index is 12.3. The van der Waals surface area contributed by atoms with Gasteiger partial charge >= 0.3 is 5.97 Å². The molecule has 21 heavy (non-hydrogen) atoms. The second kappa shape index (κ2) is 5.78. The molecule has 2 N–H and O–H groups in total. The van der Waals surface area contributed by atoms with E-state index in [0.717, 1.165) is 16.8 Å². The van der Waals surface area contributed by atoms with E-state index in [1.807, 2.05) is 32.0 Å². The lowest BCUT2D eigenvalue weighted by Crippen LogP contribution is -2.25. The van der Waals surface area contributed by atoms with Crippen molar-refractivity contribution in [1.29, 1.82) is 0 Å². The Balaban J connectivity index is 2.17. The van der Waals surface area contributed by atoms with Crippen LogP contribution >= 0.6 is 0 Å². The van der Waals surface area contributed by atoms with E-state index in [1.54, 1.807) is 6.92 Å². The number of aromatic carboxylic acids is 1. The highest BCUT2D eigenvalue weighted by atomic mass is 16.4. The second-order valence-electron chi connectivity index (χ2n) is 4.92. The maximum Gasteiger partial charge on any atom is 0.356 e. The van der Waals surface area contributed by atoms with Crippen LogP contribution in [0.25, 0.3) is 0 Å². The number of benzene rings is 1. The largest absolute Gasteiger partial charge is 0.476 e. The summed E-state index contributed by atoms with van der Waals surface area (Å²) in [5.41, 5.74) is 2.64. The lowest BCUT2D eigenvalue weighted by atomic mass is 10.1. The van der Waals surface area contributed by atoms with Crippen molar-refractivity contribution in [3.8, 4) is 0 Å². The molecule has 0 aliphatic heterocycles. The summed E-state index contributed by atoms with van der Waals surface area (Å²) in [5, 5.41) is 15.6. The molecule has 0 fully saturated rings. The van der Waals surface area contributed by atoms with Crippen LogP contribution in [0.1, 0.15) is 34.6 Å². The summed E-state index contributed by atoms with van der Waals surface area (Å²) in [6, 6.07) is 6.53. The van der Waals surface area contributed by atoms with Crippen LogP contribution < -0.4 is 5.32 Å². The Hall–Kier alpha value is -2.63. The van der Waals surface area contributed by atoms with E-state index < -0.39 is 12.0 Å². The molecule has 6 heteroatoms. The minimum atomic E-state index is -1.11. The smallest absolute Gasteiger partial charge is 0.356 e. The van der Waals surface area contributed by atoms with Gasteiger partial charge in [0.05, 0.1) is 0 Å². The van der Waals surface area contributed by atoms with Gasteiger partial charge in [-0.25, -0.2) is 4.79 Å². The Morgan fingerprint density at radius 2 is 1.86 bits per heavy atom. The molecule has 1 aromatic carbocycles. The fraction of sp³-hybridized carbons (Fsp3) is 0.267. The maximum atomic E-state index is 12.3. The third kappa shape index (κ3) is 3.10. The molecule has 0 saturated heterocycles. The van der Waals surface area contributed by atoms with E-state index in [2.05, 4.69) is 10.4 Å². The van der Waals surface area contributed by atoms with Crippen LogP contribution in [0, 0.1) is 13.8 Å². The van der Waals surface area contributed by atoms with Gasteiger partial charge in [0.1, 0.15) is 6.04 Å². The van der Waals surface area contributed by atoms with Gasteiger partial charge in [0.15, 0.2) is 5.69 Å². The van der Waals surface area contributed by atoms with E-state index in [9.17, 15) is 9.59 Å². The highest BCUT2D eigenvalue weighted by Gasteiger charge is 2.18. The van der Waals surface area contributed by atoms with Crippen molar-refractivity contribution in [2.75, 3.05) is 5.32 Å². The average molecular weight is 287 g/mol. The average Bonchev–Trinajstić information content (AvgIpc) is 2.92. The van der Waals surface area contributed by atoms with E-state index in [1.165, 1.54) is 16.9 Å². The van der Waals surface area contributed by atoms with E-state index in [4.69, 9.17) is 5.11 Å². The molecule has 110 valence electrons. The van der Waals surface area contributed by atoms with Gasteiger partial charge in [-0.15, -0.1) is 0 Å². The number of aromatic nitrogens is 2. The molecule has 0 saturated carbocycles. The second-order valence-corrected chi connectivity index (χ2v) is 4.92. The van der Waals surface area contributed by atoms with Gasteiger partial charge in [-0.2, -0.15) is 5.10 Å². The molecule has 1 unspecified atom stereocenters. The number of carboxylic acids is 1. The first kappa shape index (κ1) is 14.8. The van der Waals surface area contributed by atoms with Gasteiger partial charge < -0.3 is 10.4 Å². The van der Waals surface area contributed by atoms with Crippen LogP contribution in [-0.2, 0) is 4.79 Å². The number of rotatable bonds is 4. The van der Waals surface area contributed by atoms with Crippen molar-refractivity contribution in [1.82, 2.24) is 9.78 Å². The summed E-state index contributed by atoms with van der Waals surface area (Å²) < 4.78 is 1.34. The highest BCUT2D eigenvalue weighted by molar-refractivity contribution is 5.95. The van der Waals surface area contributed by atoms with Crippen molar-refractivity contribution >= 4 is 17.6 Å². The Morgan fingerprint density at radius 1 is 1.24 bits per heavy atom. The summed E-state index contributed by atoms with van der Waals surface area (Å²) in [5.74, 6) is -1.36. The zero-order chi connectivity index (χ0) is 15.6. The lowest BCUT2D eigenvalue weighted by molar-refractivity contribution is -0.119. The molecule has 0 aliphatic carbocycles. The molecule has 1 amide bonds. The minimum absolute atomic E-state index is 0.0817. The van der Waals surface area contributed by atoms with Crippen molar-refractivity contribution in [3.63, 3.8) is 0 Å². The number of hydrogen-bond acceptors (Lipinski definition) is 3. The van der Waals surface area contributed by atoms with Gasteiger partial charge in [-0.3, -0.25) is 9.48 Å². The monoisotopic (exact) mass is 287 g/mol. The number of para-hydroxylation sites is 1. The fourth-order valence-corrected chi connectivity index (χ4v) is 2.03. The number of anilines is 1. The number of nitrogens with one attached hydrogen (secondary N) is 1. The molecule has 1 atom stereocenters. The van der Waals surface area contributed by atoms with Crippen molar-refractivity contribution in [2.45, 2.75) is 26.8 Å². The lowest BCUT2D eigenvalue weighted by Gasteiger charge is -2.15. The highest BCUT2D eigenvalue weighted by Crippen LogP contribution is 2.21. The molecule has 1 aromatic heterocycles. The quantitative estimate of drug-likeness (QED) is 0.904. The van der Waals surface area contributed by atoms with Gasteiger partial charge in [-0.1, -0.05) is 18.2 Å². The predicted molar refractivity (Wildman–Crippen MR) is 78.4 cm³/mol. The molecule has 0 spiro atoms. The van der Waals surface area contributed by atoms with Crippen LogP contribution in [0.15, 0.2) is 30.5 Å². The minimum Gasteiger partial charge on any atom is -0.476 e. The van der Waals surface area contributed by atoms with E-state index >= 15 is 0 Å². The topological polar surface area (TPSA) is 84.2 Å². The van der Waals surface area contributed by atoms with Crippen LogP contribution in [-0.4, -0.2) is 26.8 Å². The first-order valence-corrected chi connectivity index (χ1v) is 6.55. The first-order chi connectivity index (χ1) is 9.90. The molecule has 0 aliphatic rings. The standard InChI is InChI=1S/C15H17N3O3/c1-9-5-4-6-10(2)13(9)16-14(19)11(3)18-8-7-12(17-18)15(20)21/h4-8,11H,1-3H3,(H,16,19)(H,20,21). The summed E-state index contributed by atoms with van der Waals surface area (Å²) in [6.07, 6.45) is 1.48. The number of carboxylic acid groups (broad SMARTS) is 1. The molecule has 2 rings (SSSR count). The van der Waals surface area contributed by atoms with Crippen LogP contribution in [0.5, 0.6) is 0 Å².